The van der Waals surface area contributed by atoms with E-state index in [-0.39, 0.29) is 25.0 Å². The lowest BCUT2D eigenvalue weighted by molar-refractivity contribution is -0.147. The molecular weight excluding hydrogens is 328 g/mol. The first-order valence-corrected chi connectivity index (χ1v) is 8.23. The monoisotopic (exact) mass is 346 g/mol. The predicted molar refractivity (Wildman–Crippen MR) is 90.6 cm³/mol. The Morgan fingerprint density at radius 1 is 1.08 bits per heavy atom. The third-order valence-corrected chi connectivity index (χ3v) is 4.06. The summed E-state index contributed by atoms with van der Waals surface area (Å²) in [4.78, 5) is 36.1. The van der Waals surface area contributed by atoms with Crippen LogP contribution in [0, 0.1) is 6.92 Å². The van der Waals surface area contributed by atoms with Gasteiger partial charge in [-0.25, -0.2) is 0 Å². The van der Waals surface area contributed by atoms with Crippen molar-refractivity contribution in [3.8, 4) is 0 Å². The van der Waals surface area contributed by atoms with Crippen molar-refractivity contribution >= 4 is 29.1 Å². The van der Waals surface area contributed by atoms with Gasteiger partial charge < -0.3 is 15.4 Å². The van der Waals surface area contributed by atoms with Gasteiger partial charge in [-0.2, -0.15) is 0 Å². The first kappa shape index (κ1) is 17.7. The largest absolute Gasteiger partial charge is 0.454 e. The summed E-state index contributed by atoms with van der Waals surface area (Å²) >= 11 is 1.53. The lowest BCUT2D eigenvalue weighted by Crippen LogP contribution is -2.34. The number of aryl methyl sites for hydroxylation is 1. The maximum atomic E-state index is 11.9. The first-order chi connectivity index (χ1) is 11.6. The number of amides is 2. The molecule has 126 valence electrons. The number of carbonyl (C=O) groups is 3. The number of esters is 1. The molecule has 6 nitrogen and oxygen atoms in total. The number of thiophene rings is 1. The van der Waals surface area contributed by atoms with E-state index in [0.717, 1.165) is 10.4 Å². The minimum Gasteiger partial charge on any atom is -0.454 e. The van der Waals surface area contributed by atoms with Crippen molar-refractivity contribution < 1.29 is 19.1 Å². The van der Waals surface area contributed by atoms with E-state index in [0.29, 0.717) is 12.1 Å². The van der Waals surface area contributed by atoms with Gasteiger partial charge in [0.15, 0.2) is 6.61 Å². The number of rotatable bonds is 7. The Labute approximate surface area is 143 Å². The van der Waals surface area contributed by atoms with Gasteiger partial charge >= 0.3 is 5.97 Å². The highest BCUT2D eigenvalue weighted by molar-refractivity contribution is 7.09. The summed E-state index contributed by atoms with van der Waals surface area (Å²) < 4.78 is 4.83. The Hall–Kier alpha value is -2.67. The number of hydrogen-bond acceptors (Lipinski definition) is 5. The van der Waals surface area contributed by atoms with Crippen molar-refractivity contribution in [1.82, 2.24) is 10.6 Å². The Morgan fingerprint density at radius 3 is 2.58 bits per heavy atom. The van der Waals surface area contributed by atoms with Crippen molar-refractivity contribution in [3.05, 3.63) is 57.8 Å². The number of hydrogen-bond donors (Lipinski definition) is 2. The fourth-order valence-corrected chi connectivity index (χ4v) is 2.57. The standard InChI is InChI=1S/C17H18N2O4S/c1-12-5-2-3-7-14(12)17(22)19-10-16(21)23-11-15(20)18-9-13-6-4-8-24-13/h2-8H,9-11H2,1H3,(H,18,20)(H,19,22). The third-order valence-electron chi connectivity index (χ3n) is 3.19. The summed E-state index contributed by atoms with van der Waals surface area (Å²) in [6, 6.07) is 10.9. The van der Waals surface area contributed by atoms with E-state index >= 15 is 0 Å². The van der Waals surface area contributed by atoms with Crippen molar-refractivity contribution in [2.75, 3.05) is 13.2 Å². The number of ether oxygens (including phenoxy) is 1. The summed E-state index contributed by atoms with van der Waals surface area (Å²) in [5, 5.41) is 7.03. The molecule has 0 aliphatic heterocycles. The predicted octanol–water partition coefficient (Wildman–Crippen LogP) is 1.65. The second-order valence-electron chi connectivity index (χ2n) is 5.01. The molecule has 0 fully saturated rings. The van der Waals surface area contributed by atoms with Gasteiger partial charge in [0, 0.05) is 10.4 Å². The van der Waals surface area contributed by atoms with Crippen LogP contribution in [0.4, 0.5) is 0 Å². The molecule has 1 heterocycles. The molecule has 2 amide bonds. The van der Waals surface area contributed by atoms with Gasteiger partial charge in [0.25, 0.3) is 11.8 Å². The number of carbonyl (C=O) groups excluding carboxylic acids is 3. The van der Waals surface area contributed by atoms with E-state index in [1.54, 1.807) is 12.1 Å². The van der Waals surface area contributed by atoms with Crippen molar-refractivity contribution in [2.45, 2.75) is 13.5 Å². The Balaban J connectivity index is 1.67. The van der Waals surface area contributed by atoms with Gasteiger partial charge in [-0.15, -0.1) is 11.3 Å². The van der Waals surface area contributed by atoms with E-state index in [9.17, 15) is 14.4 Å². The first-order valence-electron chi connectivity index (χ1n) is 7.35. The van der Waals surface area contributed by atoms with Crippen LogP contribution in [0.15, 0.2) is 41.8 Å². The second-order valence-corrected chi connectivity index (χ2v) is 6.05. The van der Waals surface area contributed by atoms with E-state index in [1.807, 2.05) is 36.6 Å². The lowest BCUT2D eigenvalue weighted by Gasteiger charge is -2.08. The van der Waals surface area contributed by atoms with E-state index in [1.165, 1.54) is 11.3 Å². The molecule has 0 saturated carbocycles. The number of benzene rings is 1. The summed E-state index contributed by atoms with van der Waals surface area (Å²) in [5.41, 5.74) is 1.32. The molecule has 2 rings (SSSR count). The van der Waals surface area contributed by atoms with Gasteiger partial charge in [0.1, 0.15) is 6.54 Å². The van der Waals surface area contributed by atoms with Crippen LogP contribution < -0.4 is 10.6 Å². The van der Waals surface area contributed by atoms with Crippen LogP contribution in [0.25, 0.3) is 0 Å². The Bertz CT molecular complexity index is 713. The minimum absolute atomic E-state index is 0.286. The molecule has 0 aliphatic carbocycles. The molecule has 2 aromatic rings. The topological polar surface area (TPSA) is 84.5 Å². The van der Waals surface area contributed by atoms with Crippen molar-refractivity contribution in [1.29, 1.82) is 0 Å². The van der Waals surface area contributed by atoms with Crippen molar-refractivity contribution in [3.63, 3.8) is 0 Å². The van der Waals surface area contributed by atoms with E-state index in [2.05, 4.69) is 10.6 Å². The molecule has 1 aromatic carbocycles. The SMILES string of the molecule is Cc1ccccc1C(=O)NCC(=O)OCC(=O)NCc1cccs1. The molecule has 0 bridgehead atoms. The summed E-state index contributed by atoms with van der Waals surface area (Å²) in [5.74, 6) is -1.41. The highest BCUT2D eigenvalue weighted by Crippen LogP contribution is 2.07. The summed E-state index contributed by atoms with van der Waals surface area (Å²) in [6.07, 6.45) is 0. The Morgan fingerprint density at radius 2 is 1.88 bits per heavy atom. The number of nitrogens with one attached hydrogen (secondary N) is 2. The van der Waals surface area contributed by atoms with Crippen molar-refractivity contribution in [2.24, 2.45) is 0 Å². The van der Waals surface area contributed by atoms with Crippen LogP contribution >= 0.6 is 11.3 Å². The molecule has 0 atom stereocenters. The average Bonchev–Trinajstić information content (AvgIpc) is 3.10. The van der Waals surface area contributed by atoms with Crippen LogP contribution in [0.5, 0.6) is 0 Å². The maximum Gasteiger partial charge on any atom is 0.325 e. The fourth-order valence-electron chi connectivity index (χ4n) is 1.92. The molecular formula is C17H18N2O4S. The van der Waals surface area contributed by atoms with Crippen LogP contribution in [0.2, 0.25) is 0 Å². The quantitative estimate of drug-likeness (QED) is 0.747. The Kier molecular flexibility index (Phi) is 6.51. The molecule has 0 radical (unpaired) electrons. The minimum atomic E-state index is -0.664. The molecule has 7 heteroatoms. The zero-order valence-electron chi connectivity index (χ0n) is 13.2. The van der Waals surface area contributed by atoms with Gasteiger partial charge in [-0.3, -0.25) is 14.4 Å². The average molecular weight is 346 g/mol. The maximum absolute atomic E-state index is 11.9. The van der Waals surface area contributed by atoms with Crippen LogP contribution in [0.3, 0.4) is 0 Å². The summed E-state index contributed by atoms with van der Waals surface area (Å²) in [6.45, 7) is 1.55. The highest BCUT2D eigenvalue weighted by Gasteiger charge is 2.12. The zero-order chi connectivity index (χ0) is 17.4. The molecule has 0 saturated heterocycles. The van der Waals surface area contributed by atoms with E-state index < -0.39 is 5.97 Å². The normalized spacial score (nSPS) is 10.0. The fraction of sp³-hybridized carbons (Fsp3) is 0.235. The molecule has 1 aromatic heterocycles. The molecule has 0 unspecified atom stereocenters. The van der Waals surface area contributed by atoms with Gasteiger partial charge in [-0.05, 0) is 30.0 Å². The smallest absolute Gasteiger partial charge is 0.325 e. The van der Waals surface area contributed by atoms with Gasteiger partial charge in [-0.1, -0.05) is 24.3 Å². The molecule has 0 aliphatic rings. The van der Waals surface area contributed by atoms with Gasteiger partial charge in [0.05, 0.1) is 6.54 Å². The third kappa shape index (κ3) is 5.51. The molecule has 24 heavy (non-hydrogen) atoms. The van der Waals surface area contributed by atoms with E-state index in [4.69, 9.17) is 4.74 Å². The lowest BCUT2D eigenvalue weighted by atomic mass is 10.1. The zero-order valence-corrected chi connectivity index (χ0v) is 14.0. The molecule has 2 N–H and O–H groups in total. The second kappa shape index (κ2) is 8.83. The summed E-state index contributed by atoms with van der Waals surface area (Å²) in [7, 11) is 0. The highest BCUT2D eigenvalue weighted by atomic mass is 32.1. The van der Waals surface area contributed by atoms with Crippen LogP contribution in [-0.4, -0.2) is 30.9 Å². The molecule has 0 spiro atoms. The van der Waals surface area contributed by atoms with Gasteiger partial charge in [0.2, 0.25) is 0 Å². The van der Waals surface area contributed by atoms with Crippen LogP contribution in [-0.2, 0) is 20.9 Å². The van der Waals surface area contributed by atoms with Crippen LogP contribution in [0.1, 0.15) is 20.8 Å².